The predicted molar refractivity (Wildman–Crippen MR) is 105 cm³/mol. The van der Waals surface area contributed by atoms with Gasteiger partial charge in [0, 0.05) is 17.3 Å². The van der Waals surface area contributed by atoms with Gasteiger partial charge in [0.15, 0.2) is 6.20 Å². The second-order valence-electron chi connectivity index (χ2n) is 6.11. The van der Waals surface area contributed by atoms with Crippen LogP contribution in [0.3, 0.4) is 0 Å². The third-order valence-corrected chi connectivity index (χ3v) is 4.48. The summed E-state index contributed by atoms with van der Waals surface area (Å²) in [5, 5.41) is 3.46. The van der Waals surface area contributed by atoms with Gasteiger partial charge in [-0.1, -0.05) is 41.9 Å². The first-order valence-corrected chi connectivity index (χ1v) is 8.46. The van der Waals surface area contributed by atoms with Gasteiger partial charge in [-0.2, -0.15) is 0 Å². The second kappa shape index (κ2) is 7.08. The van der Waals surface area contributed by atoms with Crippen LogP contribution in [-0.4, -0.2) is 24.2 Å². The van der Waals surface area contributed by atoms with Gasteiger partial charge in [-0.15, -0.1) is 0 Å². The topological polar surface area (TPSA) is 32.1 Å². The van der Waals surface area contributed by atoms with Crippen LogP contribution >= 0.6 is 11.6 Å². The summed E-state index contributed by atoms with van der Waals surface area (Å²) in [7, 11) is 1.89. The van der Waals surface area contributed by atoms with Gasteiger partial charge in [0.25, 0.3) is 0 Å². The Kier molecular flexibility index (Phi) is 4.86. The molecule has 4 heteroatoms. The Morgan fingerprint density at radius 3 is 2.64 bits per heavy atom. The van der Waals surface area contributed by atoms with Crippen LogP contribution in [0, 0.1) is 0 Å². The van der Waals surface area contributed by atoms with Crippen LogP contribution in [0.1, 0.15) is 18.1 Å². The summed E-state index contributed by atoms with van der Waals surface area (Å²) in [6.45, 7) is 5.82. The number of carbonyl (C=O) groups is 1. The lowest BCUT2D eigenvalue weighted by atomic mass is 9.98. The molecule has 0 fully saturated rings. The van der Waals surface area contributed by atoms with Crippen LogP contribution in [0.5, 0.6) is 0 Å². The molecule has 0 aliphatic carbocycles. The van der Waals surface area contributed by atoms with Gasteiger partial charge in [0.2, 0.25) is 5.91 Å². The third kappa shape index (κ3) is 3.72. The first-order valence-electron chi connectivity index (χ1n) is 8.09. The van der Waals surface area contributed by atoms with Crippen LogP contribution in [-0.2, 0) is 11.2 Å². The molecule has 1 heterocycles. The minimum Gasteiger partial charge on any atom is -0.325 e. The maximum absolute atomic E-state index is 11.5. The van der Waals surface area contributed by atoms with Crippen molar-refractivity contribution in [2.75, 3.05) is 12.4 Å². The summed E-state index contributed by atoms with van der Waals surface area (Å²) < 4.78 is 1.76. The van der Waals surface area contributed by atoms with Gasteiger partial charge in [0.05, 0.1) is 11.4 Å². The average Bonchev–Trinajstić information content (AvgIpc) is 2.94. The molecule has 1 aliphatic heterocycles. The lowest BCUT2D eigenvalue weighted by Gasteiger charge is -2.09. The van der Waals surface area contributed by atoms with E-state index in [2.05, 4.69) is 42.4 Å². The smallest absolute Gasteiger partial charge is 0.228 e. The summed E-state index contributed by atoms with van der Waals surface area (Å²) in [5.74, 6) is 0.0125. The molecule has 0 radical (unpaired) electrons. The standard InChI is InChI=1S/C21H19ClN2O/c1-4-14(9-10-24(2)3)15-5-7-16(8-6-15)18-11-17-12-21(25)23-20(17)13-19(18)22/h4-11,13H,2,12H2,1,3H3/p+1. The van der Waals surface area contributed by atoms with E-state index < -0.39 is 0 Å². The van der Waals surface area contributed by atoms with Crippen molar-refractivity contribution in [3.63, 3.8) is 0 Å². The molecule has 1 amide bonds. The monoisotopic (exact) mass is 351 g/mol. The van der Waals surface area contributed by atoms with E-state index in [0.29, 0.717) is 11.4 Å². The van der Waals surface area contributed by atoms with E-state index in [1.807, 2.05) is 38.4 Å². The molecule has 0 spiro atoms. The quantitative estimate of drug-likeness (QED) is 0.480. The lowest BCUT2D eigenvalue weighted by Crippen LogP contribution is -2.03. The molecule has 25 heavy (non-hydrogen) atoms. The van der Waals surface area contributed by atoms with E-state index in [4.69, 9.17) is 11.6 Å². The fourth-order valence-corrected chi connectivity index (χ4v) is 3.15. The van der Waals surface area contributed by atoms with Crippen LogP contribution in [0.15, 0.2) is 54.8 Å². The van der Waals surface area contributed by atoms with Gasteiger partial charge in [-0.25, -0.2) is 4.58 Å². The van der Waals surface area contributed by atoms with Crippen molar-refractivity contribution in [2.24, 2.45) is 0 Å². The minimum atomic E-state index is 0.0125. The predicted octanol–water partition coefficient (Wildman–Crippen LogP) is 4.76. The number of hydrogen-bond donors (Lipinski definition) is 1. The third-order valence-electron chi connectivity index (χ3n) is 4.17. The van der Waals surface area contributed by atoms with Crippen LogP contribution in [0.25, 0.3) is 16.7 Å². The molecule has 126 valence electrons. The zero-order valence-electron chi connectivity index (χ0n) is 14.3. The maximum Gasteiger partial charge on any atom is 0.228 e. The van der Waals surface area contributed by atoms with Crippen molar-refractivity contribution in [3.05, 3.63) is 70.9 Å². The largest absolute Gasteiger partial charge is 0.325 e. The van der Waals surface area contributed by atoms with E-state index in [1.165, 1.54) is 0 Å². The first-order chi connectivity index (χ1) is 12.0. The van der Waals surface area contributed by atoms with Gasteiger partial charge < -0.3 is 5.32 Å². The van der Waals surface area contributed by atoms with Crippen molar-refractivity contribution in [2.45, 2.75) is 13.3 Å². The molecule has 0 unspecified atom stereocenters. The molecule has 0 atom stereocenters. The van der Waals surface area contributed by atoms with Gasteiger partial charge in [-0.05, 0) is 41.3 Å². The molecule has 2 aromatic carbocycles. The van der Waals surface area contributed by atoms with E-state index in [0.717, 1.165) is 33.5 Å². The van der Waals surface area contributed by atoms with Crippen LogP contribution in [0.4, 0.5) is 5.69 Å². The molecule has 1 aliphatic rings. The van der Waals surface area contributed by atoms with Gasteiger partial charge >= 0.3 is 0 Å². The summed E-state index contributed by atoms with van der Waals surface area (Å²) in [5.41, 5.74) is 6.02. The fourth-order valence-electron chi connectivity index (χ4n) is 2.88. The molecule has 0 aromatic heterocycles. The van der Waals surface area contributed by atoms with E-state index in [9.17, 15) is 4.79 Å². The lowest BCUT2D eigenvalue weighted by molar-refractivity contribution is -0.411. The summed E-state index contributed by atoms with van der Waals surface area (Å²) >= 11 is 6.42. The Morgan fingerprint density at radius 1 is 1.28 bits per heavy atom. The van der Waals surface area contributed by atoms with Crippen LogP contribution < -0.4 is 5.32 Å². The zero-order valence-corrected chi connectivity index (χ0v) is 15.1. The molecule has 0 bridgehead atoms. The number of benzene rings is 2. The van der Waals surface area contributed by atoms with E-state index in [1.54, 1.807) is 4.58 Å². The Labute approximate surface area is 153 Å². The number of hydrogen-bond acceptors (Lipinski definition) is 1. The molecular weight excluding hydrogens is 332 g/mol. The number of nitrogens with one attached hydrogen (secondary N) is 1. The fraction of sp³-hybridized carbons (Fsp3) is 0.143. The van der Waals surface area contributed by atoms with Crippen molar-refractivity contribution in [1.29, 1.82) is 0 Å². The number of allylic oxidation sites excluding steroid dienone is 3. The molecular formula is C21H20ClN2O+. The summed E-state index contributed by atoms with van der Waals surface area (Å²) in [6.07, 6.45) is 6.42. The summed E-state index contributed by atoms with van der Waals surface area (Å²) in [4.78, 5) is 11.5. The SMILES string of the molecule is C=[N+](C)C=CC(=CC)c1ccc(-c2cc3c(cc2Cl)NC(=O)C3)cc1. The highest BCUT2D eigenvalue weighted by molar-refractivity contribution is 6.34. The number of halogens is 1. The van der Waals surface area contributed by atoms with E-state index >= 15 is 0 Å². The average molecular weight is 352 g/mol. The van der Waals surface area contributed by atoms with Crippen molar-refractivity contribution >= 4 is 35.5 Å². The Morgan fingerprint density at radius 2 is 2.00 bits per heavy atom. The highest BCUT2D eigenvalue weighted by atomic mass is 35.5. The van der Waals surface area contributed by atoms with E-state index in [-0.39, 0.29) is 5.91 Å². The van der Waals surface area contributed by atoms with Crippen molar-refractivity contribution in [3.8, 4) is 11.1 Å². The molecule has 2 aromatic rings. The highest BCUT2D eigenvalue weighted by Crippen LogP contribution is 2.36. The number of amides is 1. The molecule has 0 saturated carbocycles. The highest BCUT2D eigenvalue weighted by Gasteiger charge is 2.20. The molecule has 0 saturated heterocycles. The van der Waals surface area contributed by atoms with Crippen molar-refractivity contribution < 1.29 is 9.37 Å². The Bertz CT molecular complexity index is 908. The van der Waals surface area contributed by atoms with Crippen LogP contribution in [0.2, 0.25) is 5.02 Å². The summed E-state index contributed by atoms with van der Waals surface area (Å²) in [6, 6.07) is 12.1. The first kappa shape index (κ1) is 17.2. The number of carbonyl (C=O) groups excluding carboxylic acids is 1. The normalized spacial score (nSPS) is 13.9. The Hall–Kier alpha value is -2.65. The second-order valence-corrected chi connectivity index (χ2v) is 6.52. The number of fused-ring (bicyclic) bond motifs is 1. The molecule has 1 N–H and O–H groups in total. The van der Waals surface area contributed by atoms with Gasteiger partial charge in [-0.3, -0.25) is 4.79 Å². The van der Waals surface area contributed by atoms with Gasteiger partial charge in [0.1, 0.15) is 13.8 Å². The molecule has 3 nitrogen and oxygen atoms in total. The Balaban J connectivity index is 1.92. The van der Waals surface area contributed by atoms with Crippen molar-refractivity contribution in [1.82, 2.24) is 0 Å². The minimum absolute atomic E-state index is 0.0125. The maximum atomic E-state index is 11.5. The number of rotatable bonds is 4. The zero-order chi connectivity index (χ0) is 18.0. The number of anilines is 1. The molecule has 3 rings (SSSR count). The number of nitrogens with zero attached hydrogens (tertiary/aromatic N) is 1.